The van der Waals surface area contributed by atoms with Gasteiger partial charge in [0.05, 0.1) is 0 Å². The van der Waals surface area contributed by atoms with E-state index in [2.05, 4.69) is 10.4 Å². The van der Waals surface area contributed by atoms with Crippen molar-refractivity contribution in [1.82, 2.24) is 19.5 Å². The molecule has 0 spiro atoms. The van der Waals surface area contributed by atoms with Crippen molar-refractivity contribution in [3.63, 3.8) is 0 Å². The van der Waals surface area contributed by atoms with Crippen molar-refractivity contribution in [2.75, 3.05) is 0 Å². The molecule has 1 amide bonds. The third-order valence-electron chi connectivity index (χ3n) is 3.11. The van der Waals surface area contributed by atoms with Crippen molar-refractivity contribution in [2.24, 2.45) is 0 Å². The Balaban J connectivity index is 1.69. The number of aromatic nitrogens is 3. The SMILES string of the molecule is O=C(Cn1nc2ccccn2c1=O)NCc1ccccc1. The van der Waals surface area contributed by atoms with Crippen LogP contribution in [0.1, 0.15) is 5.56 Å². The predicted molar refractivity (Wildman–Crippen MR) is 77.7 cm³/mol. The Morgan fingerprint density at radius 1 is 1.10 bits per heavy atom. The first-order valence-corrected chi connectivity index (χ1v) is 6.59. The van der Waals surface area contributed by atoms with Gasteiger partial charge in [-0.15, -0.1) is 5.10 Å². The van der Waals surface area contributed by atoms with E-state index in [1.54, 1.807) is 24.4 Å². The van der Waals surface area contributed by atoms with E-state index in [0.717, 1.165) is 10.2 Å². The summed E-state index contributed by atoms with van der Waals surface area (Å²) in [5, 5.41) is 6.88. The first kappa shape index (κ1) is 13.1. The van der Waals surface area contributed by atoms with Crippen LogP contribution in [-0.4, -0.2) is 20.1 Å². The van der Waals surface area contributed by atoms with Gasteiger partial charge in [-0.3, -0.25) is 9.20 Å². The summed E-state index contributed by atoms with van der Waals surface area (Å²) in [6, 6.07) is 14.9. The Kier molecular flexibility index (Phi) is 3.51. The van der Waals surface area contributed by atoms with Gasteiger partial charge in [0.2, 0.25) is 5.91 Å². The number of rotatable bonds is 4. The van der Waals surface area contributed by atoms with Crippen LogP contribution >= 0.6 is 0 Å². The molecule has 0 radical (unpaired) electrons. The topological polar surface area (TPSA) is 68.4 Å². The normalized spacial score (nSPS) is 10.7. The highest BCUT2D eigenvalue weighted by Crippen LogP contribution is 1.98. The predicted octanol–water partition coefficient (Wildman–Crippen LogP) is 0.812. The molecule has 3 aromatic rings. The molecule has 0 aliphatic heterocycles. The molecule has 1 aromatic carbocycles. The number of fused-ring (bicyclic) bond motifs is 1. The first-order chi connectivity index (χ1) is 10.2. The van der Waals surface area contributed by atoms with E-state index in [1.807, 2.05) is 30.3 Å². The number of pyridine rings is 1. The summed E-state index contributed by atoms with van der Waals surface area (Å²) in [4.78, 5) is 23.9. The fourth-order valence-corrected chi connectivity index (χ4v) is 2.06. The summed E-state index contributed by atoms with van der Waals surface area (Å²) in [5.41, 5.74) is 1.21. The Labute approximate surface area is 120 Å². The smallest absolute Gasteiger partial charge is 0.350 e. The number of carbonyl (C=O) groups is 1. The molecule has 6 heteroatoms. The van der Waals surface area contributed by atoms with Gasteiger partial charge in [-0.05, 0) is 17.7 Å². The average Bonchev–Trinajstić information content (AvgIpc) is 2.83. The van der Waals surface area contributed by atoms with Gasteiger partial charge in [-0.2, -0.15) is 0 Å². The molecule has 106 valence electrons. The largest absolute Gasteiger partial charge is 0.350 e. The Hall–Kier alpha value is -2.89. The maximum atomic E-state index is 12.0. The zero-order chi connectivity index (χ0) is 14.7. The van der Waals surface area contributed by atoms with Crippen LogP contribution in [0.4, 0.5) is 0 Å². The van der Waals surface area contributed by atoms with Gasteiger partial charge in [-0.25, -0.2) is 9.48 Å². The Bertz CT molecular complexity index is 820. The minimum absolute atomic E-state index is 0.0899. The molecule has 0 unspecified atom stereocenters. The lowest BCUT2D eigenvalue weighted by atomic mass is 10.2. The lowest BCUT2D eigenvalue weighted by Crippen LogP contribution is -2.32. The molecule has 0 saturated carbocycles. The van der Waals surface area contributed by atoms with Gasteiger partial charge >= 0.3 is 5.69 Å². The summed E-state index contributed by atoms with van der Waals surface area (Å²) < 4.78 is 2.57. The number of carbonyl (C=O) groups excluding carboxylic acids is 1. The number of nitrogens with zero attached hydrogens (tertiary/aromatic N) is 3. The van der Waals surface area contributed by atoms with Crippen molar-refractivity contribution in [3.8, 4) is 0 Å². The van der Waals surface area contributed by atoms with E-state index in [1.165, 1.54) is 4.40 Å². The molecule has 6 nitrogen and oxygen atoms in total. The number of amides is 1. The molecule has 0 bridgehead atoms. The van der Waals surface area contributed by atoms with E-state index < -0.39 is 0 Å². The average molecular weight is 282 g/mol. The Morgan fingerprint density at radius 2 is 1.86 bits per heavy atom. The monoisotopic (exact) mass is 282 g/mol. The maximum Gasteiger partial charge on any atom is 0.350 e. The van der Waals surface area contributed by atoms with E-state index in [9.17, 15) is 9.59 Å². The summed E-state index contributed by atoms with van der Waals surface area (Å²) in [6.45, 7) is 0.342. The zero-order valence-electron chi connectivity index (χ0n) is 11.3. The van der Waals surface area contributed by atoms with Crippen LogP contribution < -0.4 is 11.0 Å². The van der Waals surface area contributed by atoms with Gasteiger partial charge in [0.1, 0.15) is 6.54 Å². The van der Waals surface area contributed by atoms with Gasteiger partial charge in [0, 0.05) is 12.7 Å². The van der Waals surface area contributed by atoms with Crippen molar-refractivity contribution < 1.29 is 4.79 Å². The molecular formula is C15H14N4O2. The van der Waals surface area contributed by atoms with Crippen molar-refractivity contribution in [2.45, 2.75) is 13.1 Å². The second-order valence-corrected chi connectivity index (χ2v) is 4.63. The van der Waals surface area contributed by atoms with Crippen LogP contribution in [-0.2, 0) is 17.9 Å². The summed E-state index contributed by atoms with van der Waals surface area (Å²) in [7, 11) is 0. The second kappa shape index (κ2) is 5.62. The highest BCUT2D eigenvalue weighted by molar-refractivity contribution is 5.75. The van der Waals surface area contributed by atoms with Crippen molar-refractivity contribution >= 4 is 11.6 Å². The second-order valence-electron chi connectivity index (χ2n) is 4.63. The quantitative estimate of drug-likeness (QED) is 0.770. The molecule has 2 heterocycles. The van der Waals surface area contributed by atoms with Gasteiger partial charge in [-0.1, -0.05) is 36.4 Å². The lowest BCUT2D eigenvalue weighted by molar-refractivity contribution is -0.122. The molecule has 1 N–H and O–H groups in total. The highest BCUT2D eigenvalue weighted by Gasteiger charge is 2.09. The minimum Gasteiger partial charge on any atom is -0.350 e. The van der Waals surface area contributed by atoms with Gasteiger partial charge < -0.3 is 5.32 Å². The number of hydrogen-bond donors (Lipinski definition) is 1. The lowest BCUT2D eigenvalue weighted by Gasteiger charge is -2.04. The molecule has 21 heavy (non-hydrogen) atoms. The highest BCUT2D eigenvalue weighted by atomic mass is 16.2. The van der Waals surface area contributed by atoms with E-state index in [4.69, 9.17) is 0 Å². The minimum atomic E-state index is -0.319. The summed E-state index contributed by atoms with van der Waals surface area (Å²) in [6.07, 6.45) is 1.63. The van der Waals surface area contributed by atoms with Crippen molar-refractivity contribution in [1.29, 1.82) is 0 Å². The van der Waals surface area contributed by atoms with E-state index >= 15 is 0 Å². The van der Waals surface area contributed by atoms with Crippen LogP contribution in [0.3, 0.4) is 0 Å². The molecule has 2 aromatic heterocycles. The first-order valence-electron chi connectivity index (χ1n) is 6.59. The van der Waals surface area contributed by atoms with Gasteiger partial charge in [0.15, 0.2) is 5.65 Å². The third-order valence-corrected chi connectivity index (χ3v) is 3.11. The van der Waals surface area contributed by atoms with Gasteiger partial charge in [0.25, 0.3) is 0 Å². The molecule has 0 aliphatic carbocycles. The van der Waals surface area contributed by atoms with Crippen LogP contribution in [0, 0.1) is 0 Å². The fraction of sp³-hybridized carbons (Fsp3) is 0.133. The van der Waals surface area contributed by atoms with Crippen LogP contribution in [0.15, 0.2) is 59.5 Å². The Morgan fingerprint density at radius 3 is 2.62 bits per heavy atom. The molecule has 0 atom stereocenters. The van der Waals surface area contributed by atoms with Crippen LogP contribution in [0.25, 0.3) is 5.65 Å². The zero-order valence-corrected chi connectivity index (χ0v) is 11.3. The standard InChI is InChI=1S/C15H14N4O2/c20-14(16-10-12-6-2-1-3-7-12)11-19-15(21)18-9-5-4-8-13(18)17-19/h1-9H,10-11H2,(H,16,20). The molecule has 0 fully saturated rings. The van der Waals surface area contributed by atoms with E-state index in [0.29, 0.717) is 12.2 Å². The molecule has 0 saturated heterocycles. The molecule has 3 rings (SSSR count). The maximum absolute atomic E-state index is 12.0. The third kappa shape index (κ3) is 2.84. The molecule has 0 aliphatic rings. The number of hydrogen-bond acceptors (Lipinski definition) is 3. The fourth-order valence-electron chi connectivity index (χ4n) is 2.06. The van der Waals surface area contributed by atoms with Crippen LogP contribution in [0.5, 0.6) is 0 Å². The number of benzene rings is 1. The number of nitrogens with one attached hydrogen (secondary N) is 1. The summed E-state index contributed by atoms with van der Waals surface area (Å²) in [5.74, 6) is -0.246. The van der Waals surface area contributed by atoms with Crippen molar-refractivity contribution in [3.05, 3.63) is 70.8 Å². The van der Waals surface area contributed by atoms with E-state index in [-0.39, 0.29) is 18.1 Å². The summed E-state index contributed by atoms with van der Waals surface area (Å²) >= 11 is 0. The molecular weight excluding hydrogens is 268 g/mol. The van der Waals surface area contributed by atoms with Crippen LogP contribution in [0.2, 0.25) is 0 Å².